The summed E-state index contributed by atoms with van der Waals surface area (Å²) in [5, 5.41) is 0. The first-order chi connectivity index (χ1) is 15.1. The van der Waals surface area contributed by atoms with Gasteiger partial charge in [-0.25, -0.2) is 0 Å². The molecule has 0 saturated carbocycles. The molecular formula is C26H26N2O2S. The van der Waals surface area contributed by atoms with Gasteiger partial charge >= 0.3 is 0 Å². The standard InChI is InChI=1S/C26H26N2O2S/c1-18-16-19(2)24-22(17-18)31-26(28(24)14-15-30-3)27-25(29)23(20-10-6-4-7-11-20)21-12-8-5-9-13-21/h4-13,16-17,23H,14-15H2,1-3H3. The van der Waals surface area contributed by atoms with Gasteiger partial charge in [-0.05, 0) is 42.2 Å². The van der Waals surface area contributed by atoms with E-state index in [0.717, 1.165) is 21.3 Å². The maximum atomic E-state index is 13.6. The van der Waals surface area contributed by atoms with Crippen molar-refractivity contribution in [2.75, 3.05) is 13.7 Å². The molecule has 0 radical (unpaired) electrons. The van der Waals surface area contributed by atoms with Gasteiger partial charge in [-0.3, -0.25) is 4.79 Å². The average molecular weight is 431 g/mol. The van der Waals surface area contributed by atoms with Crippen LogP contribution in [0.3, 0.4) is 0 Å². The number of thiazole rings is 1. The lowest BCUT2D eigenvalue weighted by Gasteiger charge is -2.14. The number of hydrogen-bond donors (Lipinski definition) is 0. The van der Waals surface area contributed by atoms with Crippen molar-refractivity contribution < 1.29 is 9.53 Å². The molecule has 4 aromatic rings. The summed E-state index contributed by atoms with van der Waals surface area (Å²) in [7, 11) is 1.69. The summed E-state index contributed by atoms with van der Waals surface area (Å²) in [6, 6.07) is 24.0. The van der Waals surface area contributed by atoms with Crippen molar-refractivity contribution in [3.8, 4) is 0 Å². The highest BCUT2D eigenvalue weighted by atomic mass is 32.1. The van der Waals surface area contributed by atoms with Crippen molar-refractivity contribution in [1.29, 1.82) is 0 Å². The van der Waals surface area contributed by atoms with Crippen LogP contribution in [0.2, 0.25) is 0 Å². The minimum Gasteiger partial charge on any atom is -0.383 e. The zero-order valence-electron chi connectivity index (χ0n) is 18.0. The molecule has 1 amide bonds. The van der Waals surface area contributed by atoms with Crippen LogP contribution in [-0.2, 0) is 16.1 Å². The smallest absolute Gasteiger partial charge is 0.260 e. The summed E-state index contributed by atoms with van der Waals surface area (Å²) < 4.78 is 8.58. The Labute approximate surface area is 186 Å². The highest BCUT2D eigenvalue weighted by molar-refractivity contribution is 7.16. The van der Waals surface area contributed by atoms with Gasteiger partial charge in [0.1, 0.15) is 0 Å². The van der Waals surface area contributed by atoms with E-state index in [9.17, 15) is 4.79 Å². The molecule has 1 aromatic heterocycles. The third-order valence-electron chi connectivity index (χ3n) is 5.35. The van der Waals surface area contributed by atoms with Gasteiger partial charge in [0.25, 0.3) is 5.91 Å². The first kappa shape index (κ1) is 21.2. The first-order valence-corrected chi connectivity index (χ1v) is 11.2. The van der Waals surface area contributed by atoms with Gasteiger partial charge in [0.2, 0.25) is 0 Å². The third-order valence-corrected chi connectivity index (χ3v) is 6.37. The van der Waals surface area contributed by atoms with Gasteiger partial charge in [0.05, 0.1) is 22.7 Å². The van der Waals surface area contributed by atoms with Crippen LogP contribution in [0.5, 0.6) is 0 Å². The quantitative estimate of drug-likeness (QED) is 0.421. The zero-order valence-corrected chi connectivity index (χ0v) is 18.9. The van der Waals surface area contributed by atoms with Crippen LogP contribution in [0.25, 0.3) is 10.2 Å². The van der Waals surface area contributed by atoms with Crippen LogP contribution < -0.4 is 4.80 Å². The molecule has 0 aliphatic carbocycles. The lowest BCUT2D eigenvalue weighted by molar-refractivity contribution is -0.118. The van der Waals surface area contributed by atoms with Crippen molar-refractivity contribution in [3.05, 3.63) is 99.9 Å². The second-order valence-corrected chi connectivity index (χ2v) is 8.67. The number of hydrogen-bond acceptors (Lipinski definition) is 3. The molecule has 1 heterocycles. The molecule has 0 saturated heterocycles. The number of aryl methyl sites for hydroxylation is 2. The monoisotopic (exact) mass is 430 g/mol. The zero-order chi connectivity index (χ0) is 21.8. The van der Waals surface area contributed by atoms with Crippen LogP contribution >= 0.6 is 11.3 Å². The van der Waals surface area contributed by atoms with E-state index in [1.54, 1.807) is 18.4 Å². The average Bonchev–Trinajstić information content (AvgIpc) is 3.10. The molecule has 0 fully saturated rings. The molecule has 0 N–H and O–H groups in total. The number of carbonyl (C=O) groups excluding carboxylic acids is 1. The summed E-state index contributed by atoms with van der Waals surface area (Å²) >= 11 is 1.56. The van der Waals surface area contributed by atoms with Gasteiger partial charge in [-0.2, -0.15) is 4.99 Å². The minimum absolute atomic E-state index is 0.163. The Kier molecular flexibility index (Phi) is 6.44. The molecule has 5 heteroatoms. The minimum atomic E-state index is -0.439. The van der Waals surface area contributed by atoms with Crippen LogP contribution in [0.15, 0.2) is 77.8 Å². The predicted octanol–water partition coefficient (Wildman–Crippen LogP) is 5.23. The Morgan fingerprint density at radius 1 is 1.00 bits per heavy atom. The van der Waals surface area contributed by atoms with Crippen LogP contribution in [0.1, 0.15) is 28.2 Å². The van der Waals surface area contributed by atoms with Gasteiger partial charge in [-0.1, -0.05) is 78.1 Å². The second kappa shape index (κ2) is 9.41. The SMILES string of the molecule is COCCn1c(=NC(=O)C(c2ccccc2)c2ccccc2)sc2cc(C)cc(C)c21. The molecule has 4 nitrogen and oxygen atoms in total. The number of rotatable bonds is 6. The van der Waals surface area contributed by atoms with E-state index >= 15 is 0 Å². The Bertz CT molecular complexity index is 1220. The lowest BCUT2D eigenvalue weighted by Crippen LogP contribution is -2.22. The van der Waals surface area contributed by atoms with Gasteiger partial charge in [-0.15, -0.1) is 0 Å². The van der Waals surface area contributed by atoms with Crippen LogP contribution in [0, 0.1) is 13.8 Å². The highest BCUT2D eigenvalue weighted by Gasteiger charge is 2.23. The molecule has 0 unspecified atom stereocenters. The number of methoxy groups -OCH3 is 1. The first-order valence-electron chi connectivity index (χ1n) is 10.4. The maximum absolute atomic E-state index is 13.6. The summed E-state index contributed by atoms with van der Waals surface area (Å²) in [6.07, 6.45) is 0. The molecule has 158 valence electrons. The fraction of sp³-hybridized carbons (Fsp3) is 0.231. The van der Waals surface area contributed by atoms with Crippen LogP contribution in [0.4, 0.5) is 0 Å². The Morgan fingerprint density at radius 3 is 2.19 bits per heavy atom. The van der Waals surface area contributed by atoms with Gasteiger partial charge in [0, 0.05) is 13.7 Å². The van der Waals surface area contributed by atoms with Crippen molar-refractivity contribution in [3.63, 3.8) is 0 Å². The summed E-state index contributed by atoms with van der Waals surface area (Å²) in [5.74, 6) is -0.601. The molecule has 31 heavy (non-hydrogen) atoms. The molecule has 0 atom stereocenters. The van der Waals surface area contributed by atoms with E-state index in [2.05, 4.69) is 35.5 Å². The molecule has 4 rings (SSSR count). The summed E-state index contributed by atoms with van der Waals surface area (Å²) in [4.78, 5) is 18.9. The van der Waals surface area contributed by atoms with Crippen molar-refractivity contribution in [2.45, 2.75) is 26.3 Å². The molecular weight excluding hydrogens is 404 g/mol. The van der Waals surface area contributed by atoms with Crippen molar-refractivity contribution in [1.82, 2.24) is 4.57 Å². The normalized spacial score (nSPS) is 12.1. The molecule has 0 spiro atoms. The lowest BCUT2D eigenvalue weighted by atomic mass is 9.91. The Balaban J connectivity index is 1.87. The van der Waals surface area contributed by atoms with Gasteiger partial charge in [0.15, 0.2) is 4.80 Å². The van der Waals surface area contributed by atoms with Crippen molar-refractivity contribution >= 4 is 27.5 Å². The van der Waals surface area contributed by atoms with E-state index in [-0.39, 0.29) is 5.91 Å². The maximum Gasteiger partial charge on any atom is 0.260 e. The Hall–Kier alpha value is -3.02. The summed E-state index contributed by atoms with van der Waals surface area (Å²) in [6.45, 7) is 5.40. The van der Waals surface area contributed by atoms with E-state index < -0.39 is 5.92 Å². The highest BCUT2D eigenvalue weighted by Crippen LogP contribution is 2.27. The molecule has 3 aromatic carbocycles. The van der Waals surface area contributed by atoms with Crippen LogP contribution in [-0.4, -0.2) is 24.2 Å². The Morgan fingerprint density at radius 2 is 1.61 bits per heavy atom. The number of carbonyl (C=O) groups is 1. The van der Waals surface area contributed by atoms with E-state index in [1.165, 1.54) is 11.1 Å². The number of fused-ring (bicyclic) bond motifs is 1. The van der Waals surface area contributed by atoms with E-state index in [0.29, 0.717) is 18.0 Å². The number of nitrogens with zero attached hydrogens (tertiary/aromatic N) is 2. The number of amides is 1. The fourth-order valence-electron chi connectivity index (χ4n) is 3.99. The van der Waals surface area contributed by atoms with Gasteiger partial charge < -0.3 is 9.30 Å². The number of aromatic nitrogens is 1. The largest absolute Gasteiger partial charge is 0.383 e. The molecule has 0 aliphatic rings. The predicted molar refractivity (Wildman–Crippen MR) is 126 cm³/mol. The third kappa shape index (κ3) is 4.53. The van der Waals surface area contributed by atoms with E-state index in [1.807, 2.05) is 60.7 Å². The topological polar surface area (TPSA) is 43.6 Å². The number of ether oxygens (including phenoxy) is 1. The molecule has 0 bridgehead atoms. The fourth-order valence-corrected chi connectivity index (χ4v) is 5.23. The summed E-state index contributed by atoms with van der Waals surface area (Å²) in [5.41, 5.74) is 5.39. The van der Waals surface area contributed by atoms with Crippen molar-refractivity contribution in [2.24, 2.45) is 4.99 Å². The number of benzene rings is 3. The molecule has 0 aliphatic heterocycles. The second-order valence-electron chi connectivity index (χ2n) is 7.66. The van der Waals surface area contributed by atoms with E-state index in [4.69, 9.17) is 4.74 Å².